The maximum absolute atomic E-state index is 5.75. The summed E-state index contributed by atoms with van der Waals surface area (Å²) in [4.78, 5) is 6.75. The number of ether oxygens (including phenoxy) is 1. The van der Waals surface area contributed by atoms with Gasteiger partial charge in [0.05, 0.1) is 6.20 Å². The minimum absolute atomic E-state index is 0.609. The lowest BCUT2D eigenvalue weighted by molar-refractivity contribution is 0.304. The predicted molar refractivity (Wildman–Crippen MR) is 84.2 cm³/mol. The fraction of sp³-hybridized carbons (Fsp3) is 0.438. The number of hydrogen-bond donors (Lipinski definition) is 1. The van der Waals surface area contributed by atoms with Crippen LogP contribution >= 0.6 is 11.3 Å². The Morgan fingerprint density at radius 3 is 2.95 bits per heavy atom. The molecule has 0 aliphatic rings. The SMILES string of the molecule is Cc1sc(CNCC(C)C)cc1COc1cccnc1. The van der Waals surface area contributed by atoms with Crippen LogP contribution in [0.5, 0.6) is 5.75 Å². The second kappa shape index (κ2) is 7.41. The molecule has 0 unspecified atom stereocenters. The minimum atomic E-state index is 0.609. The van der Waals surface area contributed by atoms with Gasteiger partial charge in [-0.05, 0) is 37.6 Å². The van der Waals surface area contributed by atoms with E-state index in [1.54, 1.807) is 12.4 Å². The Morgan fingerprint density at radius 1 is 1.40 bits per heavy atom. The Morgan fingerprint density at radius 2 is 2.25 bits per heavy atom. The fourth-order valence-corrected chi connectivity index (χ4v) is 2.91. The Labute approximate surface area is 125 Å². The maximum Gasteiger partial charge on any atom is 0.138 e. The van der Waals surface area contributed by atoms with E-state index in [-0.39, 0.29) is 0 Å². The lowest BCUT2D eigenvalue weighted by Gasteiger charge is -2.05. The van der Waals surface area contributed by atoms with Gasteiger partial charge in [0.1, 0.15) is 12.4 Å². The molecule has 2 aromatic rings. The zero-order valence-electron chi connectivity index (χ0n) is 12.3. The lowest BCUT2D eigenvalue weighted by atomic mass is 10.2. The summed E-state index contributed by atoms with van der Waals surface area (Å²) in [5.74, 6) is 1.50. The number of aryl methyl sites for hydroxylation is 1. The molecule has 0 saturated carbocycles. The van der Waals surface area contributed by atoms with Gasteiger partial charge >= 0.3 is 0 Å². The van der Waals surface area contributed by atoms with Crippen LogP contribution in [0.2, 0.25) is 0 Å². The number of nitrogens with one attached hydrogen (secondary N) is 1. The zero-order valence-corrected chi connectivity index (χ0v) is 13.2. The summed E-state index contributed by atoms with van der Waals surface area (Å²) in [6, 6.07) is 6.06. The van der Waals surface area contributed by atoms with Gasteiger partial charge in [-0.25, -0.2) is 0 Å². The van der Waals surface area contributed by atoms with Crippen molar-refractivity contribution < 1.29 is 4.74 Å². The number of rotatable bonds is 7. The molecule has 0 bridgehead atoms. The number of hydrogen-bond acceptors (Lipinski definition) is 4. The number of thiophene rings is 1. The second-order valence-corrected chi connectivity index (χ2v) is 6.64. The lowest BCUT2D eigenvalue weighted by Crippen LogP contribution is -2.18. The van der Waals surface area contributed by atoms with Crippen LogP contribution in [0.3, 0.4) is 0 Å². The van der Waals surface area contributed by atoms with E-state index in [4.69, 9.17) is 4.74 Å². The van der Waals surface area contributed by atoms with Gasteiger partial charge in [-0.15, -0.1) is 11.3 Å². The minimum Gasteiger partial charge on any atom is -0.487 e. The molecular weight excluding hydrogens is 268 g/mol. The van der Waals surface area contributed by atoms with E-state index < -0.39 is 0 Å². The van der Waals surface area contributed by atoms with Crippen molar-refractivity contribution in [3.05, 3.63) is 45.9 Å². The average molecular weight is 290 g/mol. The zero-order chi connectivity index (χ0) is 14.4. The van der Waals surface area contributed by atoms with E-state index in [1.807, 2.05) is 23.5 Å². The predicted octanol–water partition coefficient (Wildman–Crippen LogP) is 3.78. The summed E-state index contributed by atoms with van der Waals surface area (Å²) in [6.07, 6.45) is 3.49. The molecule has 0 spiro atoms. The smallest absolute Gasteiger partial charge is 0.138 e. The van der Waals surface area contributed by atoms with Crippen molar-refractivity contribution in [3.8, 4) is 5.75 Å². The molecule has 20 heavy (non-hydrogen) atoms. The molecule has 2 aromatic heterocycles. The van der Waals surface area contributed by atoms with Crippen LogP contribution in [0.4, 0.5) is 0 Å². The molecule has 0 amide bonds. The van der Waals surface area contributed by atoms with Gasteiger partial charge in [0.15, 0.2) is 0 Å². The third-order valence-corrected chi connectivity index (χ3v) is 4.04. The summed E-state index contributed by atoms with van der Waals surface area (Å²) in [7, 11) is 0. The molecule has 0 atom stereocenters. The third kappa shape index (κ3) is 4.62. The highest BCUT2D eigenvalue weighted by Crippen LogP contribution is 2.23. The molecule has 0 fully saturated rings. The molecule has 4 heteroatoms. The van der Waals surface area contributed by atoms with E-state index in [0.29, 0.717) is 12.5 Å². The first-order valence-corrected chi connectivity index (χ1v) is 7.78. The highest BCUT2D eigenvalue weighted by molar-refractivity contribution is 7.12. The van der Waals surface area contributed by atoms with E-state index in [9.17, 15) is 0 Å². The van der Waals surface area contributed by atoms with Crippen molar-refractivity contribution in [2.24, 2.45) is 5.92 Å². The first-order chi connectivity index (χ1) is 9.65. The van der Waals surface area contributed by atoms with Gasteiger partial charge in [-0.3, -0.25) is 4.98 Å². The average Bonchev–Trinajstić information content (AvgIpc) is 2.78. The fourth-order valence-electron chi connectivity index (χ4n) is 1.90. The standard InChI is InChI=1S/C16H22N2OS/c1-12(2)8-18-10-16-7-14(13(3)20-16)11-19-15-5-4-6-17-9-15/h4-7,9,12,18H,8,10-11H2,1-3H3. The van der Waals surface area contributed by atoms with Gasteiger partial charge in [0.2, 0.25) is 0 Å². The van der Waals surface area contributed by atoms with E-state index in [2.05, 4.69) is 37.1 Å². The molecule has 108 valence electrons. The van der Waals surface area contributed by atoms with Gasteiger partial charge in [0, 0.05) is 28.1 Å². The summed E-state index contributed by atoms with van der Waals surface area (Å²) < 4.78 is 5.75. The van der Waals surface area contributed by atoms with Crippen molar-refractivity contribution in [2.45, 2.75) is 33.9 Å². The number of aromatic nitrogens is 1. The summed E-state index contributed by atoms with van der Waals surface area (Å²) in [5.41, 5.74) is 1.26. The van der Waals surface area contributed by atoms with Crippen LogP contribution in [0, 0.1) is 12.8 Å². The number of nitrogens with zero attached hydrogens (tertiary/aromatic N) is 1. The summed E-state index contributed by atoms with van der Waals surface area (Å²) >= 11 is 1.84. The van der Waals surface area contributed by atoms with Crippen LogP contribution in [-0.2, 0) is 13.2 Å². The van der Waals surface area contributed by atoms with Gasteiger partial charge in [-0.2, -0.15) is 0 Å². The molecule has 0 radical (unpaired) electrons. The largest absolute Gasteiger partial charge is 0.487 e. The topological polar surface area (TPSA) is 34.1 Å². The monoisotopic (exact) mass is 290 g/mol. The summed E-state index contributed by atoms with van der Waals surface area (Å²) in [5, 5.41) is 3.48. The molecule has 0 aliphatic heterocycles. The van der Waals surface area contributed by atoms with Crippen LogP contribution in [0.1, 0.15) is 29.2 Å². The van der Waals surface area contributed by atoms with Gasteiger partial charge in [0.25, 0.3) is 0 Å². The maximum atomic E-state index is 5.75. The first-order valence-electron chi connectivity index (χ1n) is 6.97. The molecule has 0 aliphatic carbocycles. The highest BCUT2D eigenvalue weighted by atomic mass is 32.1. The second-order valence-electron chi connectivity index (χ2n) is 5.30. The van der Waals surface area contributed by atoms with E-state index >= 15 is 0 Å². The van der Waals surface area contributed by atoms with Crippen molar-refractivity contribution in [1.29, 1.82) is 0 Å². The highest BCUT2D eigenvalue weighted by Gasteiger charge is 2.06. The van der Waals surface area contributed by atoms with Crippen LogP contribution in [0.15, 0.2) is 30.6 Å². The number of pyridine rings is 1. The third-order valence-electron chi connectivity index (χ3n) is 2.95. The van der Waals surface area contributed by atoms with E-state index in [0.717, 1.165) is 18.8 Å². The van der Waals surface area contributed by atoms with Crippen molar-refractivity contribution in [1.82, 2.24) is 10.3 Å². The Balaban J connectivity index is 1.87. The van der Waals surface area contributed by atoms with E-state index in [1.165, 1.54) is 15.3 Å². The molecular formula is C16H22N2OS. The van der Waals surface area contributed by atoms with Crippen LogP contribution < -0.4 is 10.1 Å². The molecule has 0 aromatic carbocycles. The molecule has 1 N–H and O–H groups in total. The Kier molecular flexibility index (Phi) is 5.56. The van der Waals surface area contributed by atoms with Crippen LogP contribution in [-0.4, -0.2) is 11.5 Å². The summed E-state index contributed by atoms with van der Waals surface area (Å²) in [6.45, 7) is 9.20. The molecule has 0 saturated heterocycles. The van der Waals surface area contributed by atoms with Gasteiger partial charge < -0.3 is 10.1 Å². The quantitative estimate of drug-likeness (QED) is 0.842. The first kappa shape index (κ1) is 15.0. The van der Waals surface area contributed by atoms with Crippen molar-refractivity contribution in [2.75, 3.05) is 6.54 Å². The Hall–Kier alpha value is -1.39. The van der Waals surface area contributed by atoms with Crippen molar-refractivity contribution >= 4 is 11.3 Å². The van der Waals surface area contributed by atoms with Crippen molar-refractivity contribution in [3.63, 3.8) is 0 Å². The molecule has 3 nitrogen and oxygen atoms in total. The molecule has 2 rings (SSSR count). The normalized spacial score (nSPS) is 11.0. The molecule has 2 heterocycles. The van der Waals surface area contributed by atoms with Gasteiger partial charge in [-0.1, -0.05) is 13.8 Å². The van der Waals surface area contributed by atoms with Crippen LogP contribution in [0.25, 0.3) is 0 Å². The Bertz CT molecular complexity index is 523.